The molecule has 112 valence electrons. The van der Waals surface area contributed by atoms with Crippen molar-refractivity contribution in [2.75, 3.05) is 11.9 Å². The van der Waals surface area contributed by atoms with Crippen LogP contribution in [0.2, 0.25) is 0 Å². The number of urea groups is 1. The molecule has 1 aliphatic carbocycles. The second-order valence-corrected chi connectivity index (χ2v) is 5.15. The van der Waals surface area contributed by atoms with E-state index in [2.05, 4.69) is 10.6 Å². The minimum Gasteiger partial charge on any atom is -0.481 e. The van der Waals surface area contributed by atoms with Gasteiger partial charge in [0.2, 0.25) is 0 Å². The summed E-state index contributed by atoms with van der Waals surface area (Å²) in [6, 6.07) is 3.56. The van der Waals surface area contributed by atoms with Crippen LogP contribution in [-0.2, 0) is 4.79 Å². The first-order valence-corrected chi connectivity index (χ1v) is 6.37. The molecule has 0 aromatic heterocycles. The number of nitrogens with zero attached hydrogens (tertiary/aromatic N) is 1. The highest BCUT2D eigenvalue weighted by Gasteiger charge is 2.50. The molecule has 0 radical (unpaired) electrons. The highest BCUT2D eigenvalue weighted by Crippen LogP contribution is 2.45. The van der Waals surface area contributed by atoms with Gasteiger partial charge in [0.05, 0.1) is 10.3 Å². The molecule has 1 aromatic rings. The number of aryl methyl sites for hydroxylation is 1. The number of benzene rings is 1. The molecule has 0 heterocycles. The second-order valence-electron chi connectivity index (χ2n) is 5.15. The molecule has 0 atom stereocenters. The van der Waals surface area contributed by atoms with Gasteiger partial charge >= 0.3 is 12.0 Å². The van der Waals surface area contributed by atoms with Crippen LogP contribution in [0, 0.1) is 22.5 Å². The Kier molecular flexibility index (Phi) is 3.79. The first-order valence-electron chi connectivity index (χ1n) is 6.37. The maximum Gasteiger partial charge on any atom is 0.319 e. The van der Waals surface area contributed by atoms with Crippen LogP contribution in [0.15, 0.2) is 18.2 Å². The van der Waals surface area contributed by atoms with Gasteiger partial charge in [0.1, 0.15) is 0 Å². The maximum atomic E-state index is 11.7. The van der Waals surface area contributed by atoms with E-state index < -0.39 is 22.3 Å². The normalized spacial score (nSPS) is 15.1. The molecule has 8 nitrogen and oxygen atoms in total. The summed E-state index contributed by atoms with van der Waals surface area (Å²) in [4.78, 5) is 32.8. The van der Waals surface area contributed by atoms with Gasteiger partial charge in [-0.25, -0.2) is 4.79 Å². The van der Waals surface area contributed by atoms with Crippen molar-refractivity contribution >= 4 is 23.4 Å². The smallest absolute Gasteiger partial charge is 0.319 e. The zero-order valence-electron chi connectivity index (χ0n) is 11.4. The van der Waals surface area contributed by atoms with Crippen molar-refractivity contribution in [3.63, 3.8) is 0 Å². The summed E-state index contributed by atoms with van der Waals surface area (Å²) < 4.78 is 0. The topological polar surface area (TPSA) is 122 Å². The highest BCUT2D eigenvalue weighted by molar-refractivity contribution is 5.91. The lowest BCUT2D eigenvalue weighted by Gasteiger charge is -2.13. The average molecular weight is 293 g/mol. The fourth-order valence-corrected chi connectivity index (χ4v) is 1.93. The molecule has 3 N–H and O–H groups in total. The van der Waals surface area contributed by atoms with Crippen molar-refractivity contribution in [2.45, 2.75) is 19.8 Å². The number of anilines is 1. The quantitative estimate of drug-likeness (QED) is 0.565. The SMILES string of the molecule is Cc1cc([N+](=O)[O-])ccc1NC(=O)NCC1(C(=O)O)CC1. The molecule has 21 heavy (non-hydrogen) atoms. The molecule has 1 aromatic carbocycles. The van der Waals surface area contributed by atoms with Crippen LogP contribution >= 0.6 is 0 Å². The van der Waals surface area contributed by atoms with Crippen molar-refractivity contribution in [3.05, 3.63) is 33.9 Å². The summed E-state index contributed by atoms with van der Waals surface area (Å²) in [5.74, 6) is -0.908. The van der Waals surface area contributed by atoms with Gasteiger partial charge in [-0.1, -0.05) is 0 Å². The van der Waals surface area contributed by atoms with Crippen molar-refractivity contribution in [2.24, 2.45) is 5.41 Å². The van der Waals surface area contributed by atoms with E-state index in [-0.39, 0.29) is 12.2 Å². The lowest BCUT2D eigenvalue weighted by atomic mass is 10.1. The summed E-state index contributed by atoms with van der Waals surface area (Å²) in [6.07, 6.45) is 1.11. The highest BCUT2D eigenvalue weighted by atomic mass is 16.6. The first kappa shape index (κ1) is 14.8. The van der Waals surface area contributed by atoms with Crippen molar-refractivity contribution in [1.29, 1.82) is 0 Å². The van der Waals surface area contributed by atoms with Gasteiger partial charge in [0.15, 0.2) is 0 Å². The van der Waals surface area contributed by atoms with E-state index in [9.17, 15) is 19.7 Å². The molecular formula is C13H15N3O5. The number of amides is 2. The number of hydrogen-bond donors (Lipinski definition) is 3. The molecule has 1 fully saturated rings. The molecule has 2 amide bonds. The molecule has 0 unspecified atom stereocenters. The van der Waals surface area contributed by atoms with Gasteiger partial charge in [-0.3, -0.25) is 14.9 Å². The molecule has 0 spiro atoms. The largest absolute Gasteiger partial charge is 0.481 e. The van der Waals surface area contributed by atoms with Crippen LogP contribution in [0.3, 0.4) is 0 Å². The number of carboxylic acids is 1. The minimum absolute atomic E-state index is 0.0544. The van der Waals surface area contributed by atoms with E-state index in [1.54, 1.807) is 6.92 Å². The number of nitro benzene ring substituents is 1. The lowest BCUT2D eigenvalue weighted by Crippen LogP contribution is -2.36. The zero-order chi connectivity index (χ0) is 15.6. The number of rotatable bonds is 5. The van der Waals surface area contributed by atoms with E-state index in [4.69, 9.17) is 5.11 Å². The maximum absolute atomic E-state index is 11.7. The standard InChI is InChI=1S/C13H15N3O5/c1-8-6-9(16(20)21)2-3-10(8)15-12(19)14-7-13(4-5-13)11(17)18/h2-3,6H,4-5,7H2,1H3,(H,17,18)(H2,14,15,19). The van der Waals surface area contributed by atoms with E-state index in [1.807, 2.05) is 0 Å². The van der Waals surface area contributed by atoms with Crippen LogP contribution < -0.4 is 10.6 Å². The summed E-state index contributed by atoms with van der Waals surface area (Å²) >= 11 is 0. The first-order chi connectivity index (χ1) is 9.84. The van der Waals surface area contributed by atoms with Gasteiger partial charge in [0, 0.05) is 24.4 Å². The second kappa shape index (κ2) is 5.39. The Bertz CT molecular complexity index is 610. The van der Waals surface area contributed by atoms with Gasteiger partial charge in [-0.15, -0.1) is 0 Å². The van der Waals surface area contributed by atoms with E-state index in [1.165, 1.54) is 18.2 Å². The molecule has 0 aliphatic heterocycles. The molecule has 0 saturated heterocycles. The fraction of sp³-hybridized carbons (Fsp3) is 0.385. The van der Waals surface area contributed by atoms with Gasteiger partial charge in [-0.2, -0.15) is 0 Å². The predicted octanol–water partition coefficient (Wildman–Crippen LogP) is 1.89. The number of carbonyl (C=O) groups excluding carboxylic acids is 1. The Hall–Kier alpha value is -2.64. The Morgan fingerprint density at radius 1 is 1.43 bits per heavy atom. The fourth-order valence-electron chi connectivity index (χ4n) is 1.93. The number of nitrogens with one attached hydrogen (secondary N) is 2. The summed E-state index contributed by atoms with van der Waals surface area (Å²) in [5.41, 5.74) is 0.111. The number of carbonyl (C=O) groups is 2. The number of aliphatic carboxylic acids is 1. The van der Waals surface area contributed by atoms with Crippen LogP contribution in [0.4, 0.5) is 16.2 Å². The zero-order valence-corrected chi connectivity index (χ0v) is 11.4. The number of nitro groups is 1. The van der Waals surface area contributed by atoms with Crippen molar-refractivity contribution in [3.8, 4) is 0 Å². The van der Waals surface area contributed by atoms with Crippen LogP contribution in [-0.4, -0.2) is 28.6 Å². The predicted molar refractivity (Wildman–Crippen MR) is 74.2 cm³/mol. The number of carboxylic acid groups (broad SMARTS) is 1. The minimum atomic E-state index is -0.908. The Balaban J connectivity index is 1.94. The molecule has 0 bridgehead atoms. The Morgan fingerprint density at radius 3 is 2.57 bits per heavy atom. The van der Waals surface area contributed by atoms with Gasteiger partial charge < -0.3 is 15.7 Å². The summed E-state index contributed by atoms with van der Waals surface area (Å²) in [6.45, 7) is 1.71. The van der Waals surface area contributed by atoms with Crippen molar-refractivity contribution in [1.82, 2.24) is 5.32 Å². The van der Waals surface area contributed by atoms with Gasteiger partial charge in [-0.05, 0) is 31.4 Å². The van der Waals surface area contributed by atoms with Crippen LogP contribution in [0.1, 0.15) is 18.4 Å². The molecule has 1 aliphatic rings. The molecule has 8 heteroatoms. The number of non-ortho nitro benzene ring substituents is 1. The number of hydrogen-bond acceptors (Lipinski definition) is 4. The third-order valence-electron chi connectivity index (χ3n) is 3.56. The van der Waals surface area contributed by atoms with E-state index in [0.29, 0.717) is 24.1 Å². The Morgan fingerprint density at radius 2 is 2.10 bits per heavy atom. The summed E-state index contributed by atoms with van der Waals surface area (Å²) in [5, 5.41) is 24.7. The summed E-state index contributed by atoms with van der Waals surface area (Å²) in [7, 11) is 0. The molecular weight excluding hydrogens is 278 g/mol. The monoisotopic (exact) mass is 293 g/mol. The van der Waals surface area contributed by atoms with Crippen LogP contribution in [0.5, 0.6) is 0 Å². The van der Waals surface area contributed by atoms with Gasteiger partial charge in [0.25, 0.3) is 5.69 Å². The van der Waals surface area contributed by atoms with Crippen molar-refractivity contribution < 1.29 is 19.6 Å². The third kappa shape index (κ3) is 3.28. The molecule has 2 rings (SSSR count). The van der Waals surface area contributed by atoms with E-state index >= 15 is 0 Å². The van der Waals surface area contributed by atoms with Crippen LogP contribution in [0.25, 0.3) is 0 Å². The third-order valence-corrected chi connectivity index (χ3v) is 3.56. The van der Waals surface area contributed by atoms with E-state index in [0.717, 1.165) is 0 Å². The molecule has 1 saturated carbocycles. The Labute approximate surface area is 120 Å². The lowest BCUT2D eigenvalue weighted by molar-refractivity contribution is -0.384. The average Bonchev–Trinajstić information content (AvgIpc) is 3.20.